The summed E-state index contributed by atoms with van der Waals surface area (Å²) in [6, 6.07) is 22.2. The highest BCUT2D eigenvalue weighted by molar-refractivity contribution is 7.17. The zero-order chi connectivity index (χ0) is 27.8. The average molecular weight is 547 g/mol. The summed E-state index contributed by atoms with van der Waals surface area (Å²) in [5, 5.41) is 10.6. The van der Waals surface area contributed by atoms with Gasteiger partial charge in [-0.15, -0.1) is 11.3 Å². The molecule has 200 valence electrons. The minimum absolute atomic E-state index is 0.00466. The number of imide groups is 1. The second kappa shape index (κ2) is 8.84. The molecular weight excluding hydrogens is 516 g/mol. The lowest BCUT2D eigenvalue weighted by molar-refractivity contribution is -0.134. The molecule has 1 saturated heterocycles. The highest BCUT2D eigenvalue weighted by atomic mass is 32.1. The number of fused-ring (bicyclic) bond motifs is 6. The summed E-state index contributed by atoms with van der Waals surface area (Å²) >= 11 is 1.42. The van der Waals surface area contributed by atoms with Crippen molar-refractivity contribution < 1.29 is 14.4 Å². The summed E-state index contributed by atoms with van der Waals surface area (Å²) in [7, 11) is 0. The maximum Gasteiger partial charge on any atom is 0.239 e. The van der Waals surface area contributed by atoms with E-state index >= 15 is 0 Å². The number of hydrogen-bond donors (Lipinski definition) is 0. The number of nitriles is 1. The lowest BCUT2D eigenvalue weighted by atomic mass is 9.60. The van der Waals surface area contributed by atoms with Crippen LogP contribution in [0.2, 0.25) is 0 Å². The molecule has 1 saturated carbocycles. The van der Waals surface area contributed by atoms with E-state index in [0.29, 0.717) is 23.4 Å². The van der Waals surface area contributed by atoms with Crippen molar-refractivity contribution in [1.82, 2.24) is 0 Å². The molecule has 5 nitrogen and oxygen atoms in total. The van der Waals surface area contributed by atoms with Gasteiger partial charge < -0.3 is 0 Å². The Hall–Kier alpha value is -3.82. The van der Waals surface area contributed by atoms with E-state index in [9.17, 15) is 19.6 Å². The normalized spacial score (nSPS) is 28.7. The van der Waals surface area contributed by atoms with Crippen molar-refractivity contribution in [2.24, 2.45) is 22.7 Å². The van der Waals surface area contributed by atoms with Crippen molar-refractivity contribution in [2.45, 2.75) is 52.4 Å². The van der Waals surface area contributed by atoms with Crippen molar-refractivity contribution in [3.05, 3.63) is 87.8 Å². The van der Waals surface area contributed by atoms with E-state index in [1.165, 1.54) is 16.2 Å². The maximum absolute atomic E-state index is 14.9. The molecule has 3 aliphatic carbocycles. The number of carbonyl (C=O) groups excluding carboxylic acids is 3. The molecule has 0 unspecified atom stereocenters. The van der Waals surface area contributed by atoms with Crippen LogP contribution in [0.1, 0.15) is 66.7 Å². The van der Waals surface area contributed by atoms with Crippen LogP contribution in [0.5, 0.6) is 0 Å². The fourth-order valence-corrected chi connectivity index (χ4v) is 9.83. The SMILES string of the molecule is CC[C@]12C(=O)[C@](CC)(C(c3ccccc3)=C1c1ccccc1)[C@@H]1C(=O)N(c3sc4c(c3C#N)CCCC4)C(=O)[C@H]12. The molecule has 0 radical (unpaired) electrons. The number of rotatable bonds is 5. The van der Waals surface area contributed by atoms with Crippen LogP contribution in [0.4, 0.5) is 5.00 Å². The molecular formula is C34H30N2O3S. The van der Waals surface area contributed by atoms with Crippen molar-refractivity contribution in [1.29, 1.82) is 5.26 Å². The number of benzene rings is 2. The number of hydrogen-bond acceptors (Lipinski definition) is 5. The third kappa shape index (κ3) is 2.84. The number of anilines is 1. The Morgan fingerprint density at radius 2 is 1.32 bits per heavy atom. The molecule has 2 amide bonds. The van der Waals surface area contributed by atoms with Crippen molar-refractivity contribution in [3.8, 4) is 6.07 Å². The van der Waals surface area contributed by atoms with Crippen LogP contribution < -0.4 is 4.90 Å². The fraction of sp³-hybridized carbons (Fsp3) is 0.353. The smallest absolute Gasteiger partial charge is 0.239 e. The van der Waals surface area contributed by atoms with Gasteiger partial charge in [0, 0.05) is 4.88 Å². The summed E-state index contributed by atoms with van der Waals surface area (Å²) < 4.78 is 0. The lowest BCUT2D eigenvalue weighted by Gasteiger charge is -2.38. The number of allylic oxidation sites excluding steroid dienone is 2. The first kappa shape index (κ1) is 25.2. The Morgan fingerprint density at radius 1 is 0.825 bits per heavy atom. The first-order valence-electron chi connectivity index (χ1n) is 14.3. The van der Waals surface area contributed by atoms with Gasteiger partial charge >= 0.3 is 0 Å². The molecule has 2 bridgehead atoms. The van der Waals surface area contributed by atoms with Crippen LogP contribution in [-0.2, 0) is 27.2 Å². The van der Waals surface area contributed by atoms with Crippen molar-refractivity contribution in [2.75, 3.05) is 4.90 Å². The van der Waals surface area contributed by atoms with Gasteiger partial charge in [-0.2, -0.15) is 5.26 Å². The first-order valence-corrected chi connectivity index (χ1v) is 15.1. The molecule has 3 aromatic rings. The largest absolute Gasteiger partial charge is 0.298 e. The number of nitrogens with zero attached hydrogens (tertiary/aromatic N) is 2. The third-order valence-corrected chi connectivity index (χ3v) is 11.3. The van der Waals surface area contributed by atoms with E-state index in [-0.39, 0.29) is 17.6 Å². The molecule has 4 atom stereocenters. The van der Waals surface area contributed by atoms with Gasteiger partial charge in [0.05, 0.1) is 28.2 Å². The number of amides is 2. The van der Waals surface area contributed by atoms with Crippen LogP contribution in [0.25, 0.3) is 11.1 Å². The van der Waals surface area contributed by atoms with Gasteiger partial charge in [-0.25, -0.2) is 4.90 Å². The Labute approximate surface area is 238 Å². The summed E-state index contributed by atoms with van der Waals surface area (Å²) in [6.45, 7) is 3.95. The zero-order valence-electron chi connectivity index (χ0n) is 22.7. The molecule has 4 aliphatic rings. The molecule has 0 N–H and O–H groups in total. The van der Waals surface area contributed by atoms with Crippen LogP contribution in [0, 0.1) is 34.0 Å². The van der Waals surface area contributed by atoms with E-state index < -0.39 is 22.7 Å². The van der Waals surface area contributed by atoms with Gasteiger partial charge in [0.2, 0.25) is 11.8 Å². The number of carbonyl (C=O) groups is 3. The Morgan fingerprint density at radius 3 is 1.80 bits per heavy atom. The van der Waals surface area contributed by atoms with E-state index in [2.05, 4.69) is 6.07 Å². The van der Waals surface area contributed by atoms with Crippen LogP contribution >= 0.6 is 11.3 Å². The molecule has 2 aromatic carbocycles. The van der Waals surface area contributed by atoms with Gasteiger partial charge in [0.1, 0.15) is 11.1 Å². The maximum atomic E-state index is 14.9. The fourth-order valence-electron chi connectivity index (χ4n) is 8.48. The zero-order valence-corrected chi connectivity index (χ0v) is 23.5. The predicted octanol–water partition coefficient (Wildman–Crippen LogP) is 6.60. The first-order chi connectivity index (χ1) is 19.5. The number of ketones is 1. The molecule has 2 heterocycles. The average Bonchev–Trinajstić information content (AvgIpc) is 3.64. The lowest BCUT2D eigenvalue weighted by Crippen LogP contribution is -2.41. The molecule has 0 spiro atoms. The summed E-state index contributed by atoms with van der Waals surface area (Å²) in [4.78, 5) is 46.4. The van der Waals surface area contributed by atoms with Gasteiger partial charge in [-0.05, 0) is 66.4 Å². The molecule has 7 rings (SSSR count). The number of Topliss-reactive ketones (excluding diaryl/α,β-unsaturated/α-hetero) is 1. The van der Waals surface area contributed by atoms with E-state index in [4.69, 9.17) is 0 Å². The standard InChI is InChI=1S/C34H30N2O3S/c1-3-33-25(20-13-7-5-8-14-20)26(21-15-9-6-10-16-21)34(4-2,32(33)39)28-27(33)29(37)36(30(28)38)31-23(19-35)22-17-11-12-18-24(22)40-31/h5-10,13-16,27-28H,3-4,11-12,17-18H2,1-2H3/t27-,28-,33-,34+/m0/s1. The second-order valence-electron chi connectivity index (χ2n) is 11.4. The second-order valence-corrected chi connectivity index (χ2v) is 12.5. The monoisotopic (exact) mass is 546 g/mol. The minimum Gasteiger partial charge on any atom is -0.298 e. The number of aryl methyl sites for hydroxylation is 1. The van der Waals surface area contributed by atoms with Gasteiger partial charge in [-0.3, -0.25) is 14.4 Å². The molecule has 1 aromatic heterocycles. The summed E-state index contributed by atoms with van der Waals surface area (Å²) in [5.41, 5.74) is 2.87. The molecule has 40 heavy (non-hydrogen) atoms. The predicted molar refractivity (Wildman–Crippen MR) is 155 cm³/mol. The molecule has 6 heteroatoms. The quantitative estimate of drug-likeness (QED) is 0.338. The van der Waals surface area contributed by atoms with Gasteiger partial charge in [-0.1, -0.05) is 74.5 Å². The topological polar surface area (TPSA) is 78.2 Å². The van der Waals surface area contributed by atoms with Gasteiger partial charge in [0.15, 0.2) is 5.78 Å². The van der Waals surface area contributed by atoms with E-state index in [0.717, 1.165) is 58.4 Å². The van der Waals surface area contributed by atoms with Crippen LogP contribution in [0.15, 0.2) is 60.7 Å². The minimum atomic E-state index is -1.11. The van der Waals surface area contributed by atoms with E-state index in [1.54, 1.807) is 0 Å². The highest BCUT2D eigenvalue weighted by Gasteiger charge is 2.80. The number of thiophene rings is 1. The van der Waals surface area contributed by atoms with Gasteiger partial charge in [0.25, 0.3) is 0 Å². The van der Waals surface area contributed by atoms with Crippen LogP contribution in [-0.4, -0.2) is 17.6 Å². The van der Waals surface area contributed by atoms with Crippen molar-refractivity contribution in [3.63, 3.8) is 0 Å². The Balaban J connectivity index is 1.50. The molecule has 1 aliphatic heterocycles. The molecule has 2 fully saturated rings. The Bertz CT molecular complexity index is 1580. The summed E-state index contributed by atoms with van der Waals surface area (Å²) in [5.74, 6) is -2.21. The third-order valence-electron chi connectivity index (χ3n) is 10.0. The Kier molecular flexibility index (Phi) is 5.56. The summed E-state index contributed by atoms with van der Waals surface area (Å²) in [6.07, 6.45) is 4.56. The van der Waals surface area contributed by atoms with E-state index in [1.807, 2.05) is 74.5 Å². The highest BCUT2D eigenvalue weighted by Crippen LogP contribution is 2.76. The van der Waals surface area contributed by atoms with Crippen molar-refractivity contribution >= 4 is 45.1 Å². The van der Waals surface area contributed by atoms with Crippen LogP contribution in [0.3, 0.4) is 0 Å².